The van der Waals surface area contributed by atoms with Crippen LogP contribution in [0.1, 0.15) is 42.7 Å². The van der Waals surface area contributed by atoms with Crippen LogP contribution in [0.2, 0.25) is 14.8 Å². The molecule has 0 aromatic heterocycles. The van der Waals surface area contributed by atoms with Crippen LogP contribution in [0.25, 0.3) is 6.08 Å². The Balaban J connectivity index is 1.82. The van der Waals surface area contributed by atoms with Crippen LogP contribution < -0.4 is 5.32 Å². The molecule has 0 saturated carbocycles. The second-order valence-electron chi connectivity index (χ2n) is 8.99. The summed E-state index contributed by atoms with van der Waals surface area (Å²) in [4.78, 5) is 20.0. The maximum atomic E-state index is 12.8. The first-order valence-corrected chi connectivity index (χ1v) is 20.4. The van der Waals surface area contributed by atoms with E-state index in [4.69, 9.17) is 4.74 Å². The van der Waals surface area contributed by atoms with Gasteiger partial charge < -0.3 is 0 Å². The van der Waals surface area contributed by atoms with Crippen molar-refractivity contribution in [3.05, 3.63) is 39.5 Å². The molecule has 3 rings (SSSR count). The van der Waals surface area contributed by atoms with E-state index < -0.39 is 25.1 Å². The van der Waals surface area contributed by atoms with Crippen LogP contribution in [0, 0.1) is 5.92 Å². The van der Waals surface area contributed by atoms with E-state index in [9.17, 15) is 9.18 Å². The van der Waals surface area contributed by atoms with Gasteiger partial charge in [0.25, 0.3) is 0 Å². The number of hydrogen-bond acceptors (Lipinski definition) is 3. The summed E-state index contributed by atoms with van der Waals surface area (Å²) in [5.41, 5.74) is 2.45. The Morgan fingerprint density at radius 1 is 1.33 bits per heavy atom. The van der Waals surface area contributed by atoms with Gasteiger partial charge in [-0.05, 0) is 0 Å². The van der Waals surface area contributed by atoms with E-state index in [-0.39, 0.29) is 36.9 Å². The van der Waals surface area contributed by atoms with Crippen molar-refractivity contribution in [2.24, 2.45) is 5.92 Å². The molecule has 2 bridgehead atoms. The van der Waals surface area contributed by atoms with Gasteiger partial charge >= 0.3 is 162 Å². The topological polar surface area (TPSA) is 38.3 Å². The van der Waals surface area contributed by atoms with E-state index in [1.54, 1.807) is 0 Å². The van der Waals surface area contributed by atoms with Gasteiger partial charge in [-0.15, -0.1) is 0 Å². The molecule has 2 heterocycles. The molecule has 0 spiro atoms. The molecule has 3 nitrogen and oxygen atoms in total. The predicted molar refractivity (Wildman–Crippen MR) is 111 cm³/mol. The number of carbonyl (C=O) groups excluding carboxylic acids is 1. The summed E-state index contributed by atoms with van der Waals surface area (Å²) in [6.07, 6.45) is 5.63. The van der Waals surface area contributed by atoms with Crippen molar-refractivity contribution in [2.45, 2.75) is 58.5 Å². The molecule has 2 aliphatic heterocycles. The standard InChI is InChI=1S/C19H23FNO2.3CH3.Sn/c1-2-13-5-3-6-14(11-13)16-12-15-7-8-17(21-15)18(16)19(22)23-10-4-9-20;;;;/h1-3,5-6,11,15-18,21H,4,7-10,12H2;3*1H3;/t15-,16+,17+,18-;;;;/m0..../s1. The fourth-order valence-corrected chi connectivity index (χ4v) is 6.26. The van der Waals surface area contributed by atoms with Gasteiger partial charge in [0.15, 0.2) is 0 Å². The molecule has 5 heteroatoms. The Labute approximate surface area is 166 Å². The Bertz CT molecular complexity index is 685. The van der Waals surface area contributed by atoms with Crippen LogP contribution in [0.4, 0.5) is 4.39 Å². The van der Waals surface area contributed by atoms with E-state index in [0.717, 1.165) is 19.3 Å². The maximum absolute atomic E-state index is 12.8. The zero-order valence-electron chi connectivity index (χ0n) is 16.7. The van der Waals surface area contributed by atoms with Crippen LogP contribution in [-0.4, -0.2) is 49.7 Å². The minimum absolute atomic E-state index is 0.168. The van der Waals surface area contributed by atoms with Crippen LogP contribution in [0.5, 0.6) is 0 Å². The number of benzene rings is 1. The molecule has 2 saturated heterocycles. The normalized spacial score (nSPS) is 27.9. The average molecular weight is 480 g/mol. The van der Waals surface area contributed by atoms with Crippen molar-refractivity contribution < 1.29 is 13.9 Å². The summed E-state index contributed by atoms with van der Waals surface area (Å²) in [7, 11) is 0. The summed E-state index contributed by atoms with van der Waals surface area (Å²) in [6, 6.07) is 9.29. The first kappa shape index (κ1) is 20.8. The Kier molecular flexibility index (Phi) is 7.01. The number of esters is 1. The fraction of sp³-hybridized carbons (Fsp3) is 0.591. The number of piperidine rings is 1. The molecular weight excluding hydrogens is 448 g/mol. The van der Waals surface area contributed by atoms with Gasteiger partial charge in [-0.1, -0.05) is 0 Å². The van der Waals surface area contributed by atoms with E-state index in [2.05, 4.69) is 54.6 Å². The summed E-state index contributed by atoms with van der Waals surface area (Å²) >= 11 is -1.96. The van der Waals surface area contributed by atoms with E-state index in [1.807, 2.05) is 0 Å². The molecule has 1 N–H and O–H groups in total. The molecule has 2 aliphatic rings. The van der Waals surface area contributed by atoms with E-state index in [0.29, 0.717) is 6.04 Å². The van der Waals surface area contributed by atoms with E-state index in [1.165, 1.54) is 11.1 Å². The second kappa shape index (κ2) is 9.08. The monoisotopic (exact) mass is 481 g/mol. The fourth-order valence-electron chi connectivity index (χ4n) is 4.29. The summed E-state index contributed by atoms with van der Waals surface area (Å²) in [6.45, 7) is -0.269. The van der Waals surface area contributed by atoms with Crippen molar-refractivity contribution in [1.29, 1.82) is 0 Å². The number of carbonyl (C=O) groups is 1. The molecule has 148 valence electrons. The van der Waals surface area contributed by atoms with Crippen molar-refractivity contribution in [3.8, 4) is 0 Å². The third kappa shape index (κ3) is 5.56. The van der Waals surface area contributed by atoms with Gasteiger partial charge in [-0.25, -0.2) is 0 Å². The molecule has 0 unspecified atom stereocenters. The van der Waals surface area contributed by atoms with Crippen molar-refractivity contribution in [1.82, 2.24) is 5.32 Å². The number of ether oxygens (including phenoxy) is 1. The molecule has 4 atom stereocenters. The second-order valence-corrected chi connectivity index (χ2v) is 23.5. The number of fused-ring (bicyclic) bond motifs is 2. The van der Waals surface area contributed by atoms with Gasteiger partial charge in [0.1, 0.15) is 0 Å². The third-order valence-corrected chi connectivity index (χ3v) is 8.92. The van der Waals surface area contributed by atoms with Crippen LogP contribution >= 0.6 is 0 Å². The minimum atomic E-state index is -1.96. The summed E-state index contributed by atoms with van der Waals surface area (Å²) < 4.78 is 20.2. The van der Waals surface area contributed by atoms with Gasteiger partial charge in [-0.2, -0.15) is 0 Å². The molecule has 0 aliphatic carbocycles. The number of nitrogens with one attached hydrogen (secondary N) is 1. The number of halogens is 1. The Hall–Kier alpha value is -0.881. The quantitative estimate of drug-likeness (QED) is 0.350. The van der Waals surface area contributed by atoms with E-state index >= 15 is 0 Å². The SMILES string of the molecule is [CH3][Sn]([CH3])([CH3])/[CH]=C\c1cccc([C@H]2C[C@@H]3CC[C@@H](N3)[C@H]2C(=O)OCCCF)c1. The first-order chi connectivity index (χ1) is 12.9. The van der Waals surface area contributed by atoms with Gasteiger partial charge in [0, 0.05) is 0 Å². The zero-order valence-corrected chi connectivity index (χ0v) is 19.6. The summed E-state index contributed by atoms with van der Waals surface area (Å²) in [5, 5.41) is 3.59. The van der Waals surface area contributed by atoms with Gasteiger partial charge in [-0.3, -0.25) is 4.39 Å². The molecule has 27 heavy (non-hydrogen) atoms. The molecular formula is C22H32FNO2Sn. The molecule has 0 amide bonds. The zero-order chi connectivity index (χ0) is 19.4. The Morgan fingerprint density at radius 3 is 2.89 bits per heavy atom. The van der Waals surface area contributed by atoms with Crippen LogP contribution in [0.15, 0.2) is 28.4 Å². The number of rotatable bonds is 7. The average Bonchev–Trinajstić information content (AvgIpc) is 3.00. The Morgan fingerprint density at radius 2 is 2.15 bits per heavy atom. The van der Waals surface area contributed by atoms with Crippen LogP contribution in [-0.2, 0) is 9.53 Å². The number of alkyl halides is 1. The third-order valence-electron chi connectivity index (χ3n) is 5.59. The molecule has 1 aromatic rings. The molecule has 1 aromatic carbocycles. The number of hydrogen-bond donors (Lipinski definition) is 1. The molecule has 2 fully saturated rings. The first-order valence-electron chi connectivity index (χ1n) is 10.2. The van der Waals surface area contributed by atoms with Crippen LogP contribution in [0.3, 0.4) is 0 Å². The van der Waals surface area contributed by atoms with Crippen molar-refractivity contribution in [2.75, 3.05) is 13.3 Å². The van der Waals surface area contributed by atoms with Gasteiger partial charge in [0.2, 0.25) is 0 Å². The van der Waals surface area contributed by atoms with Crippen molar-refractivity contribution >= 4 is 30.4 Å². The summed E-state index contributed by atoms with van der Waals surface area (Å²) in [5.74, 6) is -0.171. The van der Waals surface area contributed by atoms with Crippen molar-refractivity contribution in [3.63, 3.8) is 0 Å². The molecule has 0 radical (unpaired) electrons. The van der Waals surface area contributed by atoms with Gasteiger partial charge in [0.05, 0.1) is 0 Å². The predicted octanol–water partition coefficient (Wildman–Crippen LogP) is 4.70.